The van der Waals surface area contributed by atoms with E-state index in [0.717, 1.165) is 33.4 Å². The van der Waals surface area contributed by atoms with Gasteiger partial charge in [0, 0.05) is 5.69 Å². The number of carbonyl (C=O) groups is 1. The molecule has 7 rings (SSSR count). The lowest BCUT2D eigenvalue weighted by atomic mass is 9.64. The maximum absolute atomic E-state index is 15.0. The van der Waals surface area contributed by atoms with Gasteiger partial charge in [-0.3, -0.25) is 9.63 Å². The minimum absolute atomic E-state index is 0.0726. The first-order chi connectivity index (χ1) is 22.3. The number of carbonyl (C=O) groups excluding carboxylic acids is 1. The Balaban J connectivity index is 1.52. The van der Waals surface area contributed by atoms with Gasteiger partial charge in [0.15, 0.2) is 0 Å². The Morgan fingerprint density at radius 3 is 2.13 bits per heavy atom. The number of sulfonamides is 1. The first kappa shape index (κ1) is 29.6. The van der Waals surface area contributed by atoms with Gasteiger partial charge >= 0.3 is 0 Å². The zero-order valence-electron chi connectivity index (χ0n) is 25.5. The molecule has 1 N–H and O–H groups in total. The van der Waals surface area contributed by atoms with E-state index < -0.39 is 27.4 Å². The monoisotopic (exact) mass is 627 g/mol. The van der Waals surface area contributed by atoms with Gasteiger partial charge in [0.05, 0.1) is 16.2 Å². The molecule has 46 heavy (non-hydrogen) atoms. The first-order valence-electron chi connectivity index (χ1n) is 15.2. The van der Waals surface area contributed by atoms with E-state index in [1.807, 2.05) is 123 Å². The van der Waals surface area contributed by atoms with Gasteiger partial charge < -0.3 is 5.32 Å². The second-order valence-corrected chi connectivity index (χ2v) is 13.5. The number of hydroxylamine groups is 2. The molecular formula is C38H33N3O4S. The highest BCUT2D eigenvalue weighted by molar-refractivity contribution is 7.90. The topological polar surface area (TPSA) is 88.1 Å². The number of aryl methyl sites for hydroxylation is 2. The van der Waals surface area contributed by atoms with E-state index >= 15 is 0 Å². The highest BCUT2D eigenvalue weighted by Crippen LogP contribution is 2.61. The van der Waals surface area contributed by atoms with E-state index in [-0.39, 0.29) is 23.2 Å². The summed E-state index contributed by atoms with van der Waals surface area (Å²) in [5, 5.41) is 4.82. The number of nitrogens with zero attached hydrogens (tertiary/aromatic N) is 2. The summed E-state index contributed by atoms with van der Waals surface area (Å²) < 4.78 is 32.7. The minimum atomic E-state index is -4.20. The van der Waals surface area contributed by atoms with Crippen LogP contribution in [0.5, 0.6) is 0 Å². The van der Waals surface area contributed by atoms with Crippen LogP contribution in [0.2, 0.25) is 0 Å². The Labute approximate surface area is 269 Å². The molecule has 0 bridgehead atoms. The maximum Gasteiger partial charge on any atom is 0.283 e. The molecule has 0 aromatic heterocycles. The molecule has 7 nitrogen and oxygen atoms in total. The van der Waals surface area contributed by atoms with Gasteiger partial charge in [0.2, 0.25) is 0 Å². The van der Waals surface area contributed by atoms with E-state index in [1.165, 1.54) is 5.06 Å². The number of hydrogen-bond acceptors (Lipinski definition) is 4. The quantitative estimate of drug-likeness (QED) is 0.205. The molecule has 5 aromatic carbocycles. The molecule has 1 amide bonds. The molecule has 230 valence electrons. The van der Waals surface area contributed by atoms with Crippen molar-refractivity contribution in [1.29, 1.82) is 0 Å². The Morgan fingerprint density at radius 1 is 0.761 bits per heavy atom. The van der Waals surface area contributed by atoms with Crippen LogP contribution in [0.1, 0.15) is 45.3 Å². The number of hydrogen-bond donors (Lipinski definition) is 1. The Morgan fingerprint density at radius 2 is 1.41 bits per heavy atom. The van der Waals surface area contributed by atoms with Crippen LogP contribution in [-0.2, 0) is 31.7 Å². The van der Waals surface area contributed by atoms with Crippen molar-refractivity contribution in [2.24, 2.45) is 4.40 Å². The molecule has 5 aromatic rings. The van der Waals surface area contributed by atoms with Crippen molar-refractivity contribution in [3.8, 4) is 0 Å². The van der Waals surface area contributed by atoms with Crippen LogP contribution < -0.4 is 5.32 Å². The molecule has 8 heteroatoms. The van der Waals surface area contributed by atoms with Crippen molar-refractivity contribution in [2.45, 2.75) is 42.7 Å². The van der Waals surface area contributed by atoms with Crippen LogP contribution in [-0.4, -0.2) is 25.2 Å². The largest absolute Gasteiger partial charge is 0.342 e. The molecular weight excluding hydrogens is 595 g/mol. The maximum atomic E-state index is 15.0. The highest BCUT2D eigenvalue weighted by atomic mass is 32.2. The van der Waals surface area contributed by atoms with E-state index in [1.54, 1.807) is 24.3 Å². The van der Waals surface area contributed by atoms with E-state index in [2.05, 4.69) is 9.71 Å². The number of rotatable bonds is 7. The second-order valence-electron chi connectivity index (χ2n) is 11.9. The van der Waals surface area contributed by atoms with Gasteiger partial charge in [-0.2, -0.15) is 8.42 Å². The van der Waals surface area contributed by atoms with E-state index in [0.29, 0.717) is 5.69 Å². The Bertz CT molecular complexity index is 2050. The number of amides is 1. The summed E-state index contributed by atoms with van der Waals surface area (Å²) in [6, 6.07) is 40.6. The standard InChI is InChI=1S/C38H33N3O4S/c1-26-20-22-31(23-21-26)46(43,44)40-37-38(32-18-9-10-19-33(32)39-37)34(30-17-11-12-27(2)24-30)36(42)41(35(38)29-15-7-4-8-16-29)45-25-28-13-5-3-6-14-28/h3-24,34-35H,25H2,1-2H3,(H,39,40). The molecule has 1 saturated heterocycles. The van der Waals surface area contributed by atoms with Gasteiger partial charge in [0.25, 0.3) is 15.9 Å². The van der Waals surface area contributed by atoms with Crippen molar-refractivity contribution in [3.05, 3.63) is 167 Å². The molecule has 1 spiro atoms. The van der Waals surface area contributed by atoms with E-state index in [4.69, 9.17) is 4.84 Å². The molecule has 0 saturated carbocycles. The van der Waals surface area contributed by atoms with Crippen molar-refractivity contribution in [1.82, 2.24) is 5.06 Å². The summed E-state index contributed by atoms with van der Waals surface area (Å²) in [6.07, 6.45) is 0. The van der Waals surface area contributed by atoms with Crippen molar-refractivity contribution in [2.75, 3.05) is 5.32 Å². The predicted octanol–water partition coefficient (Wildman–Crippen LogP) is 7.25. The van der Waals surface area contributed by atoms with Crippen LogP contribution in [0.4, 0.5) is 5.69 Å². The molecule has 0 aliphatic carbocycles. The molecule has 2 heterocycles. The second kappa shape index (κ2) is 11.7. The lowest BCUT2D eigenvalue weighted by Gasteiger charge is -2.37. The number of nitrogens with one attached hydrogen (secondary N) is 1. The lowest BCUT2D eigenvalue weighted by molar-refractivity contribution is -0.198. The summed E-state index contributed by atoms with van der Waals surface area (Å²) in [4.78, 5) is 21.5. The fraction of sp³-hybridized carbons (Fsp3) is 0.158. The average molecular weight is 628 g/mol. The van der Waals surface area contributed by atoms with Gasteiger partial charge in [-0.1, -0.05) is 126 Å². The van der Waals surface area contributed by atoms with Gasteiger partial charge in [-0.25, -0.2) is 5.06 Å². The molecule has 2 aliphatic heterocycles. The summed E-state index contributed by atoms with van der Waals surface area (Å²) >= 11 is 0. The zero-order valence-corrected chi connectivity index (χ0v) is 26.3. The molecule has 3 atom stereocenters. The summed E-state index contributed by atoms with van der Waals surface area (Å²) in [6.45, 7) is 4.03. The smallest absolute Gasteiger partial charge is 0.283 e. The number of fused-ring (bicyclic) bond motifs is 2. The Kier molecular flexibility index (Phi) is 7.55. The number of para-hydroxylation sites is 1. The van der Waals surface area contributed by atoms with E-state index in [9.17, 15) is 13.2 Å². The molecule has 1 fully saturated rings. The third-order valence-electron chi connectivity index (χ3n) is 8.84. The third kappa shape index (κ3) is 5.00. The molecule has 3 unspecified atom stereocenters. The van der Waals surface area contributed by atoms with Crippen LogP contribution >= 0.6 is 0 Å². The minimum Gasteiger partial charge on any atom is -0.342 e. The predicted molar refractivity (Wildman–Crippen MR) is 179 cm³/mol. The molecule has 2 aliphatic rings. The normalized spacial score (nSPS) is 21.5. The van der Waals surface area contributed by atoms with Crippen LogP contribution in [0.25, 0.3) is 0 Å². The zero-order chi connectivity index (χ0) is 31.9. The van der Waals surface area contributed by atoms with Crippen LogP contribution in [0, 0.1) is 13.8 Å². The van der Waals surface area contributed by atoms with Crippen molar-refractivity contribution < 1.29 is 18.0 Å². The fourth-order valence-electron chi connectivity index (χ4n) is 6.80. The molecule has 0 radical (unpaired) electrons. The average Bonchev–Trinajstić information content (AvgIpc) is 3.51. The summed E-state index contributed by atoms with van der Waals surface area (Å²) in [5.74, 6) is -0.973. The van der Waals surface area contributed by atoms with Crippen LogP contribution in [0.15, 0.2) is 143 Å². The number of benzene rings is 5. The number of amidine groups is 1. The van der Waals surface area contributed by atoms with Gasteiger partial charge in [-0.15, -0.1) is 4.40 Å². The third-order valence-corrected chi connectivity index (χ3v) is 10.1. The fourth-order valence-corrected chi connectivity index (χ4v) is 7.82. The lowest BCUT2D eigenvalue weighted by Crippen LogP contribution is -2.44. The van der Waals surface area contributed by atoms with Crippen LogP contribution in [0.3, 0.4) is 0 Å². The van der Waals surface area contributed by atoms with Crippen molar-refractivity contribution >= 4 is 27.5 Å². The number of anilines is 1. The Hall–Kier alpha value is -5.05. The van der Waals surface area contributed by atoms with Gasteiger partial charge in [-0.05, 0) is 54.3 Å². The highest BCUT2D eigenvalue weighted by Gasteiger charge is 2.67. The summed E-state index contributed by atoms with van der Waals surface area (Å²) in [7, 11) is -4.20. The van der Waals surface area contributed by atoms with Crippen molar-refractivity contribution in [3.63, 3.8) is 0 Å². The SMILES string of the molecule is Cc1ccc(S(=O)(=O)/N=C2\Nc3ccccc3C23C(c2cccc(C)c2)C(=O)N(OCc2ccccc2)C3c2ccccc2)cc1. The summed E-state index contributed by atoms with van der Waals surface area (Å²) in [5.41, 5.74) is 4.52. The van der Waals surface area contributed by atoms with Gasteiger partial charge in [0.1, 0.15) is 18.5 Å². The first-order valence-corrected chi connectivity index (χ1v) is 16.6.